The molecule has 0 aromatic carbocycles. The van der Waals surface area contributed by atoms with Crippen LogP contribution in [0.25, 0.3) is 0 Å². The molecule has 1 aromatic rings. The first-order valence-electron chi connectivity index (χ1n) is 3.97. The molecule has 0 atom stereocenters. The van der Waals surface area contributed by atoms with Gasteiger partial charge in [-0.05, 0) is 13.0 Å². The predicted molar refractivity (Wildman–Crippen MR) is 48.7 cm³/mol. The third-order valence-electron chi connectivity index (χ3n) is 1.66. The highest BCUT2D eigenvalue weighted by Gasteiger charge is 1.94. The number of rotatable bonds is 4. The van der Waals surface area contributed by atoms with Gasteiger partial charge in [0.2, 0.25) is 0 Å². The highest BCUT2D eigenvalue weighted by Crippen LogP contribution is 1.93. The van der Waals surface area contributed by atoms with Gasteiger partial charge in [0.25, 0.3) is 0 Å². The molecule has 0 spiro atoms. The molecule has 64 valence electrons. The van der Waals surface area contributed by atoms with Crippen molar-refractivity contribution in [2.24, 2.45) is 0 Å². The van der Waals surface area contributed by atoms with E-state index in [2.05, 4.69) is 16.3 Å². The highest BCUT2D eigenvalue weighted by molar-refractivity contribution is 4.96. The van der Waals surface area contributed by atoms with E-state index in [0.29, 0.717) is 6.54 Å². The fourth-order valence-corrected chi connectivity index (χ4v) is 0.978. The van der Waals surface area contributed by atoms with Gasteiger partial charge in [-0.15, -0.1) is 6.42 Å². The van der Waals surface area contributed by atoms with Crippen LogP contribution in [0.1, 0.15) is 5.69 Å². The molecule has 1 heterocycles. The summed E-state index contributed by atoms with van der Waals surface area (Å²) in [5, 5.41) is 7.24. The molecule has 3 nitrogen and oxygen atoms in total. The Balaban J connectivity index is 2.25. The summed E-state index contributed by atoms with van der Waals surface area (Å²) >= 11 is 0. The lowest BCUT2D eigenvalue weighted by molar-refractivity contribution is 0.563. The van der Waals surface area contributed by atoms with E-state index in [1.54, 1.807) is 6.20 Å². The first kappa shape index (κ1) is 8.82. The van der Waals surface area contributed by atoms with Crippen molar-refractivity contribution in [2.75, 3.05) is 13.1 Å². The van der Waals surface area contributed by atoms with E-state index >= 15 is 0 Å². The van der Waals surface area contributed by atoms with Crippen LogP contribution >= 0.6 is 0 Å². The van der Waals surface area contributed by atoms with Gasteiger partial charge in [0.05, 0.1) is 13.1 Å². The van der Waals surface area contributed by atoms with Crippen molar-refractivity contribution >= 4 is 0 Å². The maximum atomic E-state index is 5.08. The second kappa shape index (κ2) is 4.58. The number of nitrogens with one attached hydrogen (secondary N) is 1. The zero-order chi connectivity index (χ0) is 8.81. The molecule has 0 radical (unpaired) electrons. The minimum absolute atomic E-state index is 0.625. The number of nitrogens with zero attached hydrogens (tertiary/aromatic N) is 2. The van der Waals surface area contributed by atoms with Crippen molar-refractivity contribution in [1.82, 2.24) is 15.1 Å². The quantitative estimate of drug-likeness (QED) is 0.515. The van der Waals surface area contributed by atoms with Crippen LogP contribution < -0.4 is 5.32 Å². The molecule has 0 aliphatic heterocycles. The molecule has 1 aromatic heterocycles. The van der Waals surface area contributed by atoms with E-state index in [1.807, 2.05) is 17.7 Å². The summed E-state index contributed by atoms with van der Waals surface area (Å²) in [7, 11) is 0. The van der Waals surface area contributed by atoms with E-state index < -0.39 is 0 Å². The number of aromatic nitrogens is 2. The van der Waals surface area contributed by atoms with Crippen LogP contribution in [0, 0.1) is 19.3 Å². The number of hydrogen-bond acceptors (Lipinski definition) is 2. The van der Waals surface area contributed by atoms with Gasteiger partial charge < -0.3 is 5.32 Å². The third kappa shape index (κ3) is 2.40. The maximum Gasteiger partial charge on any atom is 0.0574 e. The summed E-state index contributed by atoms with van der Waals surface area (Å²) in [6.07, 6.45) is 6.89. The minimum atomic E-state index is 0.625. The standard InChI is InChI=1S/C9H13N3/c1-3-5-10-7-8-12-9(2)4-6-11-12/h1,4,6,10H,5,7-8H2,2H3. The topological polar surface area (TPSA) is 29.9 Å². The molecule has 3 heteroatoms. The monoisotopic (exact) mass is 163 g/mol. The molecule has 0 unspecified atom stereocenters. The smallest absolute Gasteiger partial charge is 0.0574 e. The Labute approximate surface area is 72.8 Å². The summed E-state index contributed by atoms with van der Waals surface area (Å²) in [4.78, 5) is 0. The van der Waals surface area contributed by atoms with Crippen LogP contribution in [0.15, 0.2) is 12.3 Å². The zero-order valence-corrected chi connectivity index (χ0v) is 7.25. The molecular weight excluding hydrogens is 150 g/mol. The van der Waals surface area contributed by atoms with Gasteiger partial charge in [-0.2, -0.15) is 5.10 Å². The third-order valence-corrected chi connectivity index (χ3v) is 1.66. The Hall–Kier alpha value is -1.27. The maximum absolute atomic E-state index is 5.08. The van der Waals surface area contributed by atoms with Crippen molar-refractivity contribution in [2.45, 2.75) is 13.5 Å². The Morgan fingerprint density at radius 1 is 1.75 bits per heavy atom. The highest BCUT2D eigenvalue weighted by atomic mass is 15.3. The molecule has 1 rings (SSSR count). The molecule has 0 aliphatic carbocycles. The summed E-state index contributed by atoms with van der Waals surface area (Å²) in [5.74, 6) is 2.52. The van der Waals surface area contributed by atoms with Crippen LogP contribution in [-0.2, 0) is 6.54 Å². The van der Waals surface area contributed by atoms with E-state index in [4.69, 9.17) is 6.42 Å². The van der Waals surface area contributed by atoms with Crippen molar-refractivity contribution in [3.63, 3.8) is 0 Å². The average molecular weight is 163 g/mol. The van der Waals surface area contributed by atoms with Crippen LogP contribution in [0.2, 0.25) is 0 Å². The molecule has 0 bridgehead atoms. The zero-order valence-electron chi connectivity index (χ0n) is 7.25. The van der Waals surface area contributed by atoms with E-state index in [-0.39, 0.29) is 0 Å². The van der Waals surface area contributed by atoms with Crippen LogP contribution in [0.3, 0.4) is 0 Å². The SMILES string of the molecule is C#CCNCCn1nccc1C. The molecule has 1 N–H and O–H groups in total. The van der Waals surface area contributed by atoms with E-state index in [1.165, 1.54) is 5.69 Å². The molecule has 0 aliphatic rings. The first-order chi connectivity index (χ1) is 5.84. The van der Waals surface area contributed by atoms with Crippen LogP contribution in [0.5, 0.6) is 0 Å². The Morgan fingerprint density at radius 2 is 2.58 bits per heavy atom. The fraction of sp³-hybridized carbons (Fsp3) is 0.444. The lowest BCUT2D eigenvalue weighted by atomic mass is 10.5. The van der Waals surface area contributed by atoms with Crippen LogP contribution in [-0.4, -0.2) is 22.9 Å². The largest absolute Gasteiger partial charge is 0.304 e. The molecule has 0 saturated heterocycles. The Morgan fingerprint density at radius 3 is 3.17 bits per heavy atom. The van der Waals surface area contributed by atoms with Gasteiger partial charge in [-0.1, -0.05) is 5.92 Å². The first-order valence-corrected chi connectivity index (χ1v) is 3.97. The molecular formula is C9H13N3. The van der Waals surface area contributed by atoms with E-state index in [0.717, 1.165) is 13.1 Å². The van der Waals surface area contributed by atoms with Gasteiger partial charge in [0.1, 0.15) is 0 Å². The van der Waals surface area contributed by atoms with Crippen molar-refractivity contribution < 1.29 is 0 Å². The Bertz CT molecular complexity index is 270. The van der Waals surface area contributed by atoms with Gasteiger partial charge >= 0.3 is 0 Å². The Kier molecular flexibility index (Phi) is 3.36. The number of hydrogen-bond donors (Lipinski definition) is 1. The molecule has 0 fully saturated rings. The summed E-state index contributed by atoms with van der Waals surface area (Å²) < 4.78 is 1.95. The summed E-state index contributed by atoms with van der Waals surface area (Å²) in [6, 6.07) is 1.99. The van der Waals surface area contributed by atoms with Crippen molar-refractivity contribution in [3.05, 3.63) is 18.0 Å². The molecule has 0 amide bonds. The van der Waals surface area contributed by atoms with Gasteiger partial charge in [-0.3, -0.25) is 4.68 Å². The average Bonchev–Trinajstić information content (AvgIpc) is 2.46. The van der Waals surface area contributed by atoms with Crippen molar-refractivity contribution in [1.29, 1.82) is 0 Å². The van der Waals surface area contributed by atoms with E-state index in [9.17, 15) is 0 Å². The van der Waals surface area contributed by atoms with Crippen molar-refractivity contribution in [3.8, 4) is 12.3 Å². The van der Waals surface area contributed by atoms with Gasteiger partial charge in [0, 0.05) is 18.4 Å². The fourth-order valence-electron chi connectivity index (χ4n) is 0.978. The normalized spacial score (nSPS) is 9.67. The minimum Gasteiger partial charge on any atom is -0.304 e. The van der Waals surface area contributed by atoms with Crippen LogP contribution in [0.4, 0.5) is 0 Å². The predicted octanol–water partition coefficient (Wildman–Crippen LogP) is 0.414. The lowest BCUT2D eigenvalue weighted by Gasteiger charge is -2.03. The number of aryl methyl sites for hydroxylation is 1. The van der Waals surface area contributed by atoms with Gasteiger partial charge in [0.15, 0.2) is 0 Å². The molecule has 0 saturated carbocycles. The lowest BCUT2D eigenvalue weighted by Crippen LogP contribution is -2.21. The second-order valence-corrected chi connectivity index (χ2v) is 2.58. The second-order valence-electron chi connectivity index (χ2n) is 2.58. The number of terminal acetylenes is 1. The molecule has 12 heavy (non-hydrogen) atoms. The summed E-state index contributed by atoms with van der Waals surface area (Å²) in [5.41, 5.74) is 1.18. The summed E-state index contributed by atoms with van der Waals surface area (Å²) in [6.45, 7) is 4.40. The van der Waals surface area contributed by atoms with Gasteiger partial charge in [-0.25, -0.2) is 0 Å².